The molecule has 0 aliphatic rings. The van der Waals surface area contributed by atoms with Gasteiger partial charge in [-0.15, -0.1) is 0 Å². The Balaban J connectivity index is 4.21. The van der Waals surface area contributed by atoms with E-state index in [1.54, 1.807) is 0 Å². The molecule has 2 unspecified atom stereocenters. The third kappa shape index (κ3) is 32.0. The van der Waals surface area contributed by atoms with E-state index in [0.717, 1.165) is 103 Å². The molecule has 9 nitrogen and oxygen atoms in total. The van der Waals surface area contributed by atoms with Crippen LogP contribution in [0.2, 0.25) is 0 Å². The number of carbonyl (C=O) groups is 4. The number of hydrogen-bond donors (Lipinski definition) is 4. The molecule has 0 aliphatic carbocycles. The van der Waals surface area contributed by atoms with Gasteiger partial charge in [0.15, 0.2) is 0 Å². The van der Waals surface area contributed by atoms with Crippen LogP contribution in [-0.4, -0.2) is 59.3 Å². The van der Waals surface area contributed by atoms with Crippen molar-refractivity contribution < 1.29 is 34.1 Å². The van der Waals surface area contributed by atoms with Crippen LogP contribution < -0.4 is 10.6 Å². The molecule has 0 aliphatic heterocycles. The summed E-state index contributed by atoms with van der Waals surface area (Å²) in [6.07, 6.45) is 40.0. The van der Waals surface area contributed by atoms with Crippen LogP contribution in [0.3, 0.4) is 0 Å². The van der Waals surface area contributed by atoms with Gasteiger partial charge in [0.2, 0.25) is 11.8 Å². The first kappa shape index (κ1) is 46.8. The number of esters is 1. The van der Waals surface area contributed by atoms with Crippen LogP contribution >= 0.6 is 0 Å². The normalized spacial score (nSPS) is 13.0. The first-order valence-corrected chi connectivity index (χ1v) is 19.5. The molecule has 0 saturated carbocycles. The van der Waals surface area contributed by atoms with E-state index in [9.17, 15) is 19.2 Å². The van der Waals surface area contributed by atoms with Crippen molar-refractivity contribution in [1.82, 2.24) is 10.6 Å². The zero-order valence-corrected chi connectivity index (χ0v) is 31.4. The van der Waals surface area contributed by atoms with Gasteiger partial charge in [-0.25, -0.2) is 4.79 Å². The lowest BCUT2D eigenvalue weighted by atomic mass is 10.0. The average Bonchev–Trinajstić information content (AvgIpc) is 3.10. The summed E-state index contributed by atoms with van der Waals surface area (Å²) >= 11 is 0. The summed E-state index contributed by atoms with van der Waals surface area (Å²) in [7, 11) is 0. The Bertz CT molecular complexity index is 989. The molecular formula is C41H70N2O7. The molecule has 0 aromatic carbocycles. The van der Waals surface area contributed by atoms with Crippen LogP contribution in [0.15, 0.2) is 48.6 Å². The highest BCUT2D eigenvalue weighted by atomic mass is 16.5. The maximum atomic E-state index is 12.7. The second-order valence-corrected chi connectivity index (χ2v) is 13.0. The Labute approximate surface area is 303 Å². The van der Waals surface area contributed by atoms with Crippen LogP contribution in [-0.2, 0) is 23.9 Å². The first-order valence-electron chi connectivity index (χ1n) is 19.5. The molecule has 0 rings (SSSR count). The Morgan fingerprint density at radius 3 is 1.72 bits per heavy atom. The van der Waals surface area contributed by atoms with Crippen molar-refractivity contribution in [3.05, 3.63) is 48.6 Å². The molecule has 0 saturated heterocycles. The Kier molecular flexibility index (Phi) is 33.3. The van der Waals surface area contributed by atoms with Crippen LogP contribution in [0.5, 0.6) is 0 Å². The largest absolute Gasteiger partial charge is 0.480 e. The van der Waals surface area contributed by atoms with Gasteiger partial charge in [0, 0.05) is 12.8 Å². The van der Waals surface area contributed by atoms with E-state index in [1.165, 1.54) is 25.7 Å². The number of carbonyl (C=O) groups excluding carboxylic acids is 3. The van der Waals surface area contributed by atoms with Crippen molar-refractivity contribution in [1.29, 1.82) is 0 Å². The minimum Gasteiger partial charge on any atom is -0.480 e. The smallest absolute Gasteiger partial charge is 0.328 e. The van der Waals surface area contributed by atoms with E-state index < -0.39 is 24.5 Å². The lowest BCUT2D eigenvalue weighted by Gasteiger charge is -2.18. The number of aliphatic carboxylic acids is 1. The average molecular weight is 703 g/mol. The van der Waals surface area contributed by atoms with E-state index in [4.69, 9.17) is 14.9 Å². The quantitative estimate of drug-likeness (QED) is 0.0298. The van der Waals surface area contributed by atoms with E-state index in [1.807, 2.05) is 0 Å². The highest BCUT2D eigenvalue weighted by molar-refractivity contribution is 5.87. The molecule has 0 spiro atoms. The number of aliphatic hydroxyl groups is 1. The van der Waals surface area contributed by atoms with Crippen molar-refractivity contribution >= 4 is 23.8 Å². The number of allylic oxidation sites excluding steroid dienone is 8. The van der Waals surface area contributed by atoms with E-state index >= 15 is 0 Å². The highest BCUT2D eigenvalue weighted by Crippen LogP contribution is 2.18. The van der Waals surface area contributed by atoms with Crippen LogP contribution in [0, 0.1) is 0 Å². The molecule has 2 atom stereocenters. The minimum absolute atomic E-state index is 0.0535. The fourth-order valence-electron chi connectivity index (χ4n) is 5.35. The number of hydrogen-bond acceptors (Lipinski definition) is 6. The summed E-state index contributed by atoms with van der Waals surface area (Å²) in [6.45, 7) is 3.31. The van der Waals surface area contributed by atoms with Crippen molar-refractivity contribution in [3.8, 4) is 0 Å². The van der Waals surface area contributed by atoms with E-state index in [0.29, 0.717) is 12.8 Å². The van der Waals surface area contributed by atoms with Crippen LogP contribution in [0.25, 0.3) is 0 Å². The summed E-state index contributed by atoms with van der Waals surface area (Å²) in [5.41, 5.74) is 0. The van der Waals surface area contributed by atoms with E-state index in [-0.39, 0.29) is 30.9 Å². The molecule has 0 radical (unpaired) electrons. The third-order valence-corrected chi connectivity index (χ3v) is 8.34. The Morgan fingerprint density at radius 2 is 1.14 bits per heavy atom. The van der Waals surface area contributed by atoms with Gasteiger partial charge in [0.1, 0.15) is 12.1 Å². The lowest BCUT2D eigenvalue weighted by Crippen LogP contribution is -2.47. The Morgan fingerprint density at radius 1 is 0.620 bits per heavy atom. The third-order valence-electron chi connectivity index (χ3n) is 8.34. The van der Waals surface area contributed by atoms with Crippen LogP contribution in [0.4, 0.5) is 0 Å². The molecular weight excluding hydrogens is 632 g/mol. The molecule has 0 bridgehead atoms. The van der Waals surface area contributed by atoms with Crippen LogP contribution in [0.1, 0.15) is 162 Å². The van der Waals surface area contributed by atoms with Crippen molar-refractivity contribution in [2.75, 3.05) is 13.2 Å². The van der Waals surface area contributed by atoms with Gasteiger partial charge in [0.05, 0.1) is 13.2 Å². The summed E-state index contributed by atoms with van der Waals surface area (Å²) in [4.78, 5) is 47.4. The maximum Gasteiger partial charge on any atom is 0.328 e. The zero-order chi connectivity index (χ0) is 36.9. The van der Waals surface area contributed by atoms with Gasteiger partial charge in [-0.3, -0.25) is 14.4 Å². The molecule has 2 amide bonds. The van der Waals surface area contributed by atoms with Gasteiger partial charge < -0.3 is 25.6 Å². The fraction of sp³-hybridized carbons (Fsp3) is 0.707. The van der Waals surface area contributed by atoms with Gasteiger partial charge in [-0.05, 0) is 77.0 Å². The fourth-order valence-corrected chi connectivity index (χ4v) is 5.35. The molecule has 0 heterocycles. The lowest BCUT2D eigenvalue weighted by molar-refractivity contribution is -0.150. The number of carboxylic acid groups (broad SMARTS) is 1. The molecule has 286 valence electrons. The number of amides is 2. The number of nitrogens with one attached hydrogen (secondary N) is 2. The Hall–Kier alpha value is -3.20. The van der Waals surface area contributed by atoms with Gasteiger partial charge in [0.25, 0.3) is 0 Å². The maximum absolute atomic E-state index is 12.7. The topological polar surface area (TPSA) is 142 Å². The standard InChI is InChI=1S/C41H70N2O7/c1-3-5-7-9-11-12-13-14-15-16-17-18-19-20-21-23-29-33-40(47)50-36(30-26-22-10-8-6-4-2)31-27-24-25-28-32-38(45)42-34-39(46)43-37(35-44)41(48)49/h5,7,11-12,14-15,17-18,36-37,44H,3-4,6,8-10,13,16,19-35H2,1-2H3,(H,42,45)(H,43,46)(H,48,49)/b7-5-,12-11-,15-14-,18-17-. The predicted octanol–water partition coefficient (Wildman–Crippen LogP) is 8.81. The van der Waals surface area contributed by atoms with Crippen molar-refractivity contribution in [2.24, 2.45) is 0 Å². The number of aliphatic hydroxyl groups excluding tert-OH is 1. The van der Waals surface area contributed by atoms with Gasteiger partial charge in [-0.1, -0.05) is 120 Å². The summed E-state index contributed by atoms with van der Waals surface area (Å²) < 4.78 is 5.94. The number of ether oxygens (including phenoxy) is 1. The van der Waals surface area contributed by atoms with E-state index in [2.05, 4.69) is 73.1 Å². The number of carboxylic acids is 1. The zero-order valence-electron chi connectivity index (χ0n) is 31.4. The first-order chi connectivity index (χ1) is 24.3. The number of rotatable bonds is 34. The molecule has 0 fully saturated rings. The molecule has 50 heavy (non-hydrogen) atoms. The summed E-state index contributed by atoms with van der Waals surface area (Å²) in [6, 6.07) is -1.39. The molecule has 9 heteroatoms. The summed E-state index contributed by atoms with van der Waals surface area (Å²) in [5, 5.41) is 22.5. The van der Waals surface area contributed by atoms with Crippen molar-refractivity contribution in [2.45, 2.75) is 174 Å². The summed E-state index contributed by atoms with van der Waals surface area (Å²) in [5.74, 6) is -2.37. The van der Waals surface area contributed by atoms with Gasteiger partial charge >= 0.3 is 11.9 Å². The molecule has 4 N–H and O–H groups in total. The van der Waals surface area contributed by atoms with Gasteiger partial charge in [-0.2, -0.15) is 0 Å². The predicted molar refractivity (Wildman–Crippen MR) is 204 cm³/mol. The second-order valence-electron chi connectivity index (χ2n) is 13.0. The molecule has 0 aromatic rings. The monoisotopic (exact) mass is 703 g/mol. The molecule has 0 aromatic heterocycles. The highest BCUT2D eigenvalue weighted by Gasteiger charge is 2.19. The SMILES string of the molecule is CC/C=C\C/C=C\C/C=C\C/C=C\CCCCCCC(=O)OC(CCCCCCCC)CCCCCCC(=O)NCC(=O)NC(CO)C(=O)O. The second kappa shape index (κ2) is 35.6. The minimum atomic E-state index is -1.39. The van der Waals surface area contributed by atoms with Crippen molar-refractivity contribution in [3.63, 3.8) is 0 Å². The number of unbranched alkanes of at least 4 members (excludes halogenated alkanes) is 12.